The van der Waals surface area contributed by atoms with Gasteiger partial charge in [0.2, 0.25) is 0 Å². The highest BCUT2D eigenvalue weighted by Gasteiger charge is 2.37. The third-order valence-corrected chi connectivity index (χ3v) is 4.82. The summed E-state index contributed by atoms with van der Waals surface area (Å²) in [4.78, 5) is 14.7. The van der Waals surface area contributed by atoms with Gasteiger partial charge < -0.3 is 4.90 Å². The largest absolute Gasteiger partial charge is 0.335 e. The van der Waals surface area contributed by atoms with Gasteiger partial charge in [-0.05, 0) is 49.8 Å². The molecule has 1 saturated heterocycles. The molecule has 1 saturated carbocycles. The molecule has 0 radical (unpaired) electrons. The maximum Gasteiger partial charge on any atom is 0.254 e. The minimum absolute atomic E-state index is 0.216. The zero-order valence-corrected chi connectivity index (χ0v) is 12.0. The Balaban J connectivity index is 1.83. The van der Waals surface area contributed by atoms with Crippen LogP contribution in [-0.4, -0.2) is 23.4 Å². The molecular formula is C15H18BrNO. The van der Waals surface area contributed by atoms with E-state index in [9.17, 15) is 4.79 Å². The monoisotopic (exact) mass is 307 g/mol. The summed E-state index contributed by atoms with van der Waals surface area (Å²) in [6.45, 7) is 0.937. The van der Waals surface area contributed by atoms with Crippen molar-refractivity contribution in [1.29, 1.82) is 0 Å². The average molecular weight is 308 g/mol. The van der Waals surface area contributed by atoms with Crippen LogP contribution in [0.15, 0.2) is 28.7 Å². The Kier molecular flexibility index (Phi) is 3.42. The van der Waals surface area contributed by atoms with Gasteiger partial charge in [0.1, 0.15) is 0 Å². The van der Waals surface area contributed by atoms with Crippen LogP contribution in [0.5, 0.6) is 0 Å². The van der Waals surface area contributed by atoms with Gasteiger partial charge in [0, 0.05) is 22.6 Å². The minimum Gasteiger partial charge on any atom is -0.335 e. The zero-order valence-electron chi connectivity index (χ0n) is 10.4. The first-order valence-corrected chi connectivity index (χ1v) is 7.61. The lowest BCUT2D eigenvalue weighted by molar-refractivity contribution is 0.0548. The molecule has 1 amide bonds. The second-order valence-electron chi connectivity index (χ2n) is 5.41. The molecule has 18 heavy (non-hydrogen) atoms. The number of fused-ring (bicyclic) bond motifs is 1. The van der Waals surface area contributed by atoms with E-state index in [-0.39, 0.29) is 5.91 Å². The van der Waals surface area contributed by atoms with Crippen LogP contribution in [0, 0.1) is 5.92 Å². The number of piperidine rings is 1. The molecule has 0 N–H and O–H groups in total. The van der Waals surface area contributed by atoms with Crippen molar-refractivity contribution < 1.29 is 4.79 Å². The molecule has 96 valence electrons. The van der Waals surface area contributed by atoms with E-state index in [4.69, 9.17) is 0 Å². The summed E-state index contributed by atoms with van der Waals surface area (Å²) in [6, 6.07) is 8.26. The molecule has 2 unspecified atom stereocenters. The Morgan fingerprint density at radius 2 is 2.06 bits per heavy atom. The first-order valence-electron chi connectivity index (χ1n) is 6.82. The maximum absolute atomic E-state index is 12.6. The van der Waals surface area contributed by atoms with E-state index in [0.717, 1.165) is 22.5 Å². The Bertz CT molecular complexity index is 460. The third kappa shape index (κ3) is 2.20. The third-order valence-electron chi connectivity index (χ3n) is 4.33. The molecule has 3 rings (SSSR count). The predicted octanol–water partition coefficient (Wildman–Crippen LogP) is 3.85. The fraction of sp³-hybridized carbons (Fsp3) is 0.533. The number of hydrogen-bond acceptors (Lipinski definition) is 1. The fourth-order valence-corrected chi connectivity index (χ4v) is 3.89. The van der Waals surface area contributed by atoms with E-state index in [1.54, 1.807) is 0 Å². The number of rotatable bonds is 1. The molecular weight excluding hydrogens is 290 g/mol. The summed E-state index contributed by atoms with van der Waals surface area (Å²) in [5.41, 5.74) is 0.817. The molecule has 2 fully saturated rings. The Labute approximate surface area is 116 Å². The lowest BCUT2D eigenvalue weighted by Gasteiger charge is -2.37. The SMILES string of the molecule is O=C(c1cccc(Br)c1)N1CCCC2CCCC21. The molecule has 1 aliphatic heterocycles. The van der Waals surface area contributed by atoms with Gasteiger partial charge in [-0.25, -0.2) is 0 Å². The highest BCUT2D eigenvalue weighted by Crippen LogP contribution is 2.37. The Morgan fingerprint density at radius 1 is 1.22 bits per heavy atom. The van der Waals surface area contributed by atoms with Crippen molar-refractivity contribution in [3.63, 3.8) is 0 Å². The molecule has 0 spiro atoms. The summed E-state index contributed by atoms with van der Waals surface area (Å²) >= 11 is 3.44. The highest BCUT2D eigenvalue weighted by atomic mass is 79.9. The smallest absolute Gasteiger partial charge is 0.254 e. The second-order valence-corrected chi connectivity index (χ2v) is 6.33. The standard InChI is InChI=1S/C15H18BrNO/c16-13-7-1-5-12(10-13)15(18)17-9-3-6-11-4-2-8-14(11)17/h1,5,7,10-11,14H,2-4,6,8-9H2. The number of carbonyl (C=O) groups excluding carboxylic acids is 1. The number of carbonyl (C=O) groups is 1. The molecule has 1 aliphatic carbocycles. The number of amides is 1. The molecule has 3 heteroatoms. The molecule has 2 aliphatic rings. The van der Waals surface area contributed by atoms with Crippen LogP contribution in [0.4, 0.5) is 0 Å². The minimum atomic E-state index is 0.216. The van der Waals surface area contributed by atoms with Gasteiger partial charge in [0.25, 0.3) is 5.91 Å². The van der Waals surface area contributed by atoms with Gasteiger partial charge in [-0.2, -0.15) is 0 Å². The van der Waals surface area contributed by atoms with Crippen LogP contribution in [0.2, 0.25) is 0 Å². The molecule has 1 aromatic rings. The Morgan fingerprint density at radius 3 is 2.89 bits per heavy atom. The van der Waals surface area contributed by atoms with E-state index in [1.165, 1.54) is 32.1 Å². The van der Waals surface area contributed by atoms with Gasteiger partial charge >= 0.3 is 0 Å². The van der Waals surface area contributed by atoms with Crippen molar-refractivity contribution in [3.05, 3.63) is 34.3 Å². The molecule has 2 nitrogen and oxygen atoms in total. The van der Waals surface area contributed by atoms with Crippen molar-refractivity contribution >= 4 is 21.8 Å². The van der Waals surface area contributed by atoms with E-state index < -0.39 is 0 Å². The number of nitrogens with zero attached hydrogens (tertiary/aromatic N) is 1. The number of likely N-dealkylation sites (tertiary alicyclic amines) is 1. The Hall–Kier alpha value is -0.830. The summed E-state index contributed by atoms with van der Waals surface area (Å²) < 4.78 is 0.980. The van der Waals surface area contributed by atoms with Gasteiger partial charge in [0.15, 0.2) is 0 Å². The fourth-order valence-electron chi connectivity index (χ4n) is 3.49. The van der Waals surface area contributed by atoms with Crippen molar-refractivity contribution in [2.24, 2.45) is 5.92 Å². The summed E-state index contributed by atoms with van der Waals surface area (Å²) in [7, 11) is 0. The summed E-state index contributed by atoms with van der Waals surface area (Å²) in [5, 5.41) is 0. The second kappa shape index (κ2) is 5.04. The van der Waals surface area contributed by atoms with E-state index in [0.29, 0.717) is 6.04 Å². The summed E-state index contributed by atoms with van der Waals surface area (Å²) in [6.07, 6.45) is 6.28. The van der Waals surface area contributed by atoms with Gasteiger partial charge in [-0.1, -0.05) is 28.4 Å². The molecule has 1 heterocycles. The highest BCUT2D eigenvalue weighted by molar-refractivity contribution is 9.10. The quantitative estimate of drug-likeness (QED) is 0.771. The van der Waals surface area contributed by atoms with Gasteiger partial charge in [-0.15, -0.1) is 0 Å². The van der Waals surface area contributed by atoms with Crippen molar-refractivity contribution in [2.75, 3.05) is 6.54 Å². The van der Waals surface area contributed by atoms with E-state index in [1.807, 2.05) is 24.3 Å². The van der Waals surface area contributed by atoms with Crippen LogP contribution in [0.25, 0.3) is 0 Å². The van der Waals surface area contributed by atoms with Crippen molar-refractivity contribution in [1.82, 2.24) is 4.90 Å². The lowest BCUT2D eigenvalue weighted by Crippen LogP contribution is -2.46. The lowest BCUT2D eigenvalue weighted by atomic mass is 9.91. The van der Waals surface area contributed by atoms with Crippen LogP contribution in [-0.2, 0) is 0 Å². The number of hydrogen-bond donors (Lipinski definition) is 0. The predicted molar refractivity (Wildman–Crippen MR) is 75.5 cm³/mol. The molecule has 0 aromatic heterocycles. The molecule has 0 bridgehead atoms. The van der Waals surface area contributed by atoms with Crippen LogP contribution in [0.3, 0.4) is 0 Å². The van der Waals surface area contributed by atoms with E-state index >= 15 is 0 Å². The zero-order chi connectivity index (χ0) is 12.5. The molecule has 2 atom stereocenters. The summed E-state index contributed by atoms with van der Waals surface area (Å²) in [5.74, 6) is 0.975. The normalized spacial score (nSPS) is 27.1. The van der Waals surface area contributed by atoms with Crippen LogP contribution in [0.1, 0.15) is 42.5 Å². The molecule has 1 aromatic carbocycles. The first kappa shape index (κ1) is 12.2. The average Bonchev–Trinajstić information content (AvgIpc) is 2.86. The maximum atomic E-state index is 12.6. The van der Waals surface area contributed by atoms with Crippen LogP contribution >= 0.6 is 15.9 Å². The van der Waals surface area contributed by atoms with E-state index in [2.05, 4.69) is 20.8 Å². The topological polar surface area (TPSA) is 20.3 Å². The first-order chi connectivity index (χ1) is 8.75. The van der Waals surface area contributed by atoms with Crippen molar-refractivity contribution in [3.8, 4) is 0 Å². The van der Waals surface area contributed by atoms with Gasteiger partial charge in [0.05, 0.1) is 0 Å². The number of benzene rings is 1. The number of halogens is 1. The van der Waals surface area contributed by atoms with Crippen LogP contribution < -0.4 is 0 Å². The van der Waals surface area contributed by atoms with Gasteiger partial charge in [-0.3, -0.25) is 4.79 Å². The van der Waals surface area contributed by atoms with Crippen molar-refractivity contribution in [2.45, 2.75) is 38.1 Å².